The van der Waals surface area contributed by atoms with Gasteiger partial charge in [0.2, 0.25) is 0 Å². The number of nitrogens with zero attached hydrogens (tertiary/aromatic N) is 1. The fourth-order valence-corrected chi connectivity index (χ4v) is 2.09. The monoisotopic (exact) mass is 419 g/mol. The molecule has 1 rings (SSSR count). The predicted molar refractivity (Wildman–Crippen MR) is 105 cm³/mol. The first-order valence-corrected chi connectivity index (χ1v) is 7.93. The maximum atomic E-state index is 5.28. The van der Waals surface area contributed by atoms with Gasteiger partial charge >= 0.3 is 0 Å². The molecule has 126 valence electrons. The van der Waals surface area contributed by atoms with Crippen molar-refractivity contribution in [3.8, 4) is 0 Å². The van der Waals surface area contributed by atoms with Crippen LogP contribution in [-0.4, -0.2) is 39.3 Å². The lowest BCUT2D eigenvalue weighted by molar-refractivity contribution is 0.152. The Bertz CT molecular complexity index is 385. The van der Waals surface area contributed by atoms with Crippen LogP contribution in [0.3, 0.4) is 0 Å². The second kappa shape index (κ2) is 15.1. The van der Waals surface area contributed by atoms with E-state index in [0.717, 1.165) is 25.7 Å². The van der Waals surface area contributed by atoms with Crippen LogP contribution in [0.15, 0.2) is 35.3 Å². The lowest BCUT2D eigenvalue weighted by atomic mass is 10.1. The molecule has 0 radical (unpaired) electrons. The summed E-state index contributed by atoms with van der Waals surface area (Å²) in [5.74, 6) is 0.859. The first kappa shape index (κ1) is 21.2. The Balaban J connectivity index is 0.00000441. The Labute approximate surface area is 152 Å². The average molecular weight is 419 g/mol. The minimum atomic E-state index is 0. The van der Waals surface area contributed by atoms with Gasteiger partial charge in [-0.3, -0.25) is 4.99 Å². The summed E-state index contributed by atoms with van der Waals surface area (Å²) in [4.78, 5) is 4.19. The van der Waals surface area contributed by atoms with Crippen LogP contribution in [0.4, 0.5) is 0 Å². The summed E-state index contributed by atoms with van der Waals surface area (Å²) in [7, 11) is 1.80. The molecule has 1 aromatic rings. The Morgan fingerprint density at radius 3 is 2.45 bits per heavy atom. The number of hydrogen-bond donors (Lipinski definition) is 2. The van der Waals surface area contributed by atoms with Crippen molar-refractivity contribution in [2.75, 3.05) is 33.4 Å². The standard InChI is InChI=1S/C17H29N3O.HI/c1-3-21-15-14-20-17(18-2)19-13-9-5-8-12-16-10-6-4-7-11-16;/h4,6-7,10-11H,3,5,8-9,12-15H2,1-2H3,(H2,18,19,20);1H. The van der Waals surface area contributed by atoms with Gasteiger partial charge in [0.15, 0.2) is 5.96 Å². The van der Waals surface area contributed by atoms with Gasteiger partial charge in [0, 0.05) is 26.7 Å². The summed E-state index contributed by atoms with van der Waals surface area (Å²) in [5.41, 5.74) is 1.43. The fraction of sp³-hybridized carbons (Fsp3) is 0.588. The van der Waals surface area contributed by atoms with E-state index < -0.39 is 0 Å². The largest absolute Gasteiger partial charge is 0.380 e. The third kappa shape index (κ3) is 10.8. The number of aryl methyl sites for hydroxylation is 1. The zero-order valence-corrected chi connectivity index (χ0v) is 16.1. The maximum absolute atomic E-state index is 5.28. The van der Waals surface area contributed by atoms with Crippen LogP contribution in [0.1, 0.15) is 31.7 Å². The highest BCUT2D eigenvalue weighted by Gasteiger charge is 1.97. The van der Waals surface area contributed by atoms with E-state index in [1.807, 2.05) is 6.92 Å². The number of unbranched alkanes of at least 4 members (excludes halogenated alkanes) is 2. The topological polar surface area (TPSA) is 45.6 Å². The maximum Gasteiger partial charge on any atom is 0.191 e. The minimum Gasteiger partial charge on any atom is -0.380 e. The summed E-state index contributed by atoms with van der Waals surface area (Å²) < 4.78 is 5.28. The molecule has 0 bridgehead atoms. The SMILES string of the molecule is CCOCCNC(=NC)NCCCCCc1ccccc1.I. The van der Waals surface area contributed by atoms with Gasteiger partial charge < -0.3 is 15.4 Å². The molecule has 0 saturated heterocycles. The number of benzene rings is 1. The molecule has 22 heavy (non-hydrogen) atoms. The molecule has 0 fully saturated rings. The second-order valence-corrected chi connectivity index (χ2v) is 4.92. The van der Waals surface area contributed by atoms with Crippen LogP contribution in [0.2, 0.25) is 0 Å². The van der Waals surface area contributed by atoms with Gasteiger partial charge in [-0.15, -0.1) is 24.0 Å². The first-order chi connectivity index (χ1) is 10.4. The van der Waals surface area contributed by atoms with Crippen molar-refractivity contribution in [2.24, 2.45) is 4.99 Å². The Hall–Kier alpha value is -0.820. The molecule has 0 aliphatic carbocycles. The number of hydrogen-bond acceptors (Lipinski definition) is 2. The van der Waals surface area contributed by atoms with Crippen LogP contribution < -0.4 is 10.6 Å². The molecule has 2 N–H and O–H groups in total. The van der Waals surface area contributed by atoms with Crippen molar-refractivity contribution >= 4 is 29.9 Å². The molecular formula is C17H30IN3O. The van der Waals surface area contributed by atoms with Gasteiger partial charge in [-0.2, -0.15) is 0 Å². The highest BCUT2D eigenvalue weighted by atomic mass is 127. The third-order valence-corrected chi connectivity index (χ3v) is 3.24. The van der Waals surface area contributed by atoms with Crippen LogP contribution in [0.5, 0.6) is 0 Å². The number of halogens is 1. The normalized spacial score (nSPS) is 10.9. The van der Waals surface area contributed by atoms with Gasteiger partial charge in [-0.25, -0.2) is 0 Å². The van der Waals surface area contributed by atoms with Crippen molar-refractivity contribution in [1.82, 2.24) is 10.6 Å². The third-order valence-electron chi connectivity index (χ3n) is 3.24. The van der Waals surface area contributed by atoms with Crippen molar-refractivity contribution in [3.63, 3.8) is 0 Å². The van der Waals surface area contributed by atoms with E-state index in [0.29, 0.717) is 6.61 Å². The number of rotatable bonds is 10. The fourth-order valence-electron chi connectivity index (χ4n) is 2.09. The van der Waals surface area contributed by atoms with Crippen molar-refractivity contribution in [2.45, 2.75) is 32.6 Å². The number of ether oxygens (including phenoxy) is 1. The van der Waals surface area contributed by atoms with Crippen molar-refractivity contribution < 1.29 is 4.74 Å². The highest BCUT2D eigenvalue weighted by molar-refractivity contribution is 14.0. The summed E-state index contributed by atoms with van der Waals surface area (Å²) in [6.45, 7) is 5.23. The summed E-state index contributed by atoms with van der Waals surface area (Å²) in [5, 5.41) is 6.56. The van der Waals surface area contributed by atoms with Crippen LogP contribution in [0, 0.1) is 0 Å². The molecule has 1 aromatic carbocycles. The predicted octanol–water partition coefficient (Wildman–Crippen LogP) is 3.22. The quantitative estimate of drug-likeness (QED) is 0.265. The van der Waals surface area contributed by atoms with E-state index in [1.165, 1.54) is 31.2 Å². The lowest BCUT2D eigenvalue weighted by Gasteiger charge is -2.11. The van der Waals surface area contributed by atoms with Gasteiger partial charge in [0.05, 0.1) is 6.61 Å². The zero-order valence-electron chi connectivity index (χ0n) is 13.8. The molecule has 0 aliphatic rings. The van der Waals surface area contributed by atoms with Gasteiger partial charge in [0.25, 0.3) is 0 Å². The Morgan fingerprint density at radius 1 is 1.05 bits per heavy atom. The summed E-state index contributed by atoms with van der Waals surface area (Å²) in [6, 6.07) is 10.7. The van der Waals surface area contributed by atoms with Crippen molar-refractivity contribution in [1.29, 1.82) is 0 Å². The molecule has 4 nitrogen and oxygen atoms in total. The van der Waals surface area contributed by atoms with E-state index in [2.05, 4.69) is 46.0 Å². The van der Waals surface area contributed by atoms with Gasteiger partial charge in [-0.05, 0) is 31.7 Å². The molecular weight excluding hydrogens is 389 g/mol. The minimum absolute atomic E-state index is 0. The van der Waals surface area contributed by atoms with E-state index in [1.54, 1.807) is 7.05 Å². The van der Waals surface area contributed by atoms with E-state index in [-0.39, 0.29) is 24.0 Å². The van der Waals surface area contributed by atoms with E-state index >= 15 is 0 Å². The lowest BCUT2D eigenvalue weighted by Crippen LogP contribution is -2.39. The summed E-state index contributed by atoms with van der Waals surface area (Å²) >= 11 is 0. The highest BCUT2D eigenvalue weighted by Crippen LogP contribution is 2.05. The number of aliphatic imine (C=N–C) groups is 1. The molecule has 0 atom stereocenters. The van der Waals surface area contributed by atoms with E-state index in [4.69, 9.17) is 4.74 Å². The Morgan fingerprint density at radius 2 is 1.77 bits per heavy atom. The van der Waals surface area contributed by atoms with Gasteiger partial charge in [-0.1, -0.05) is 36.8 Å². The van der Waals surface area contributed by atoms with Crippen LogP contribution >= 0.6 is 24.0 Å². The molecule has 0 aliphatic heterocycles. The van der Waals surface area contributed by atoms with Crippen LogP contribution in [-0.2, 0) is 11.2 Å². The molecule has 0 spiro atoms. The molecule has 0 unspecified atom stereocenters. The Kier molecular flexibility index (Phi) is 14.5. The molecule has 0 amide bonds. The molecule has 0 heterocycles. The van der Waals surface area contributed by atoms with Gasteiger partial charge in [0.1, 0.15) is 0 Å². The molecule has 0 saturated carbocycles. The second-order valence-electron chi connectivity index (χ2n) is 4.92. The van der Waals surface area contributed by atoms with Crippen molar-refractivity contribution in [3.05, 3.63) is 35.9 Å². The zero-order chi connectivity index (χ0) is 15.2. The number of guanidine groups is 1. The first-order valence-electron chi connectivity index (χ1n) is 7.93. The van der Waals surface area contributed by atoms with E-state index in [9.17, 15) is 0 Å². The molecule has 0 aromatic heterocycles. The summed E-state index contributed by atoms with van der Waals surface area (Å²) in [6.07, 6.45) is 4.81. The average Bonchev–Trinajstić information content (AvgIpc) is 2.53. The smallest absolute Gasteiger partial charge is 0.191 e. The number of nitrogens with one attached hydrogen (secondary N) is 2. The molecule has 5 heteroatoms. The van der Waals surface area contributed by atoms with Crippen LogP contribution in [0.25, 0.3) is 0 Å².